The second kappa shape index (κ2) is 12.4. The molecular formula is C25H35N5O5S2. The molecule has 37 heavy (non-hydrogen) atoms. The topological polar surface area (TPSA) is 113 Å². The quantitative estimate of drug-likeness (QED) is 0.300. The van der Waals surface area contributed by atoms with Crippen molar-refractivity contribution in [2.75, 3.05) is 52.8 Å². The molecule has 1 saturated carbocycles. The van der Waals surface area contributed by atoms with E-state index in [1.165, 1.54) is 23.5 Å². The van der Waals surface area contributed by atoms with Gasteiger partial charge < -0.3 is 19.4 Å². The summed E-state index contributed by atoms with van der Waals surface area (Å²) in [6.07, 6.45) is 4.68. The first-order chi connectivity index (χ1) is 17.7. The largest absolute Gasteiger partial charge is 0.389 e. The Morgan fingerprint density at radius 1 is 1.19 bits per heavy atom. The maximum atomic E-state index is 13.2. The molecule has 1 saturated heterocycles. The van der Waals surface area contributed by atoms with Gasteiger partial charge in [0.2, 0.25) is 0 Å². The lowest BCUT2D eigenvalue weighted by Gasteiger charge is -2.16. The van der Waals surface area contributed by atoms with Crippen molar-refractivity contribution in [2.45, 2.75) is 48.5 Å². The Morgan fingerprint density at radius 2 is 1.95 bits per heavy atom. The maximum Gasteiger partial charge on any atom is 0.280 e. The first-order valence-corrected chi connectivity index (χ1v) is 14.8. The number of benzene rings is 1. The van der Waals surface area contributed by atoms with Gasteiger partial charge in [-0.05, 0) is 65.6 Å². The molecule has 1 aliphatic carbocycles. The van der Waals surface area contributed by atoms with Crippen molar-refractivity contribution in [3.05, 3.63) is 40.9 Å². The number of aromatic nitrogens is 1. The number of nitrogens with zero attached hydrogens (tertiary/aromatic N) is 4. The molecular weight excluding hydrogens is 514 g/mol. The van der Waals surface area contributed by atoms with Crippen LogP contribution in [0.2, 0.25) is 0 Å². The zero-order valence-corrected chi connectivity index (χ0v) is 23.2. The number of ether oxygens (including phenoxy) is 1. The third-order valence-electron chi connectivity index (χ3n) is 6.16. The lowest BCUT2D eigenvalue weighted by atomic mass is 10.1. The van der Waals surface area contributed by atoms with E-state index in [0.717, 1.165) is 30.9 Å². The molecule has 0 unspecified atom stereocenters. The number of nitrogens with one attached hydrogen (secondary N) is 1. The van der Waals surface area contributed by atoms with E-state index in [2.05, 4.69) is 46.4 Å². The lowest BCUT2D eigenvalue weighted by Crippen LogP contribution is -2.25. The molecule has 1 aliphatic heterocycles. The van der Waals surface area contributed by atoms with E-state index in [9.17, 15) is 13.2 Å². The highest BCUT2D eigenvalue weighted by Gasteiger charge is 2.36. The van der Waals surface area contributed by atoms with E-state index < -0.39 is 15.7 Å². The zero-order valence-electron chi connectivity index (χ0n) is 21.6. The number of rotatable bonds is 13. The van der Waals surface area contributed by atoms with Crippen LogP contribution >= 0.6 is 11.3 Å². The standard InChI is InChI=1S/C25H35N5O5S2/c1-29(2)12-4-13-30(3)16-20-15-26-25(36-20)27-24(31)23(28-35-19-11-14-34-17-19)18-5-7-21(8-6-18)37(32,33)22-9-10-22/h5-8,15,19,22H,4,9-14,16-17H2,1-3H3,(H,26,27,31)/t19-/m1/s1. The Labute approximate surface area is 222 Å². The number of amides is 1. The van der Waals surface area contributed by atoms with Gasteiger partial charge in [-0.15, -0.1) is 11.3 Å². The highest BCUT2D eigenvalue weighted by atomic mass is 32.2. The summed E-state index contributed by atoms with van der Waals surface area (Å²) in [5, 5.41) is 7.14. The Morgan fingerprint density at radius 3 is 2.59 bits per heavy atom. The van der Waals surface area contributed by atoms with Crippen LogP contribution in [-0.2, 0) is 30.8 Å². The summed E-state index contributed by atoms with van der Waals surface area (Å²) < 4.78 is 30.4. The van der Waals surface area contributed by atoms with Gasteiger partial charge in [0, 0.05) is 29.6 Å². The average molecular weight is 550 g/mol. The summed E-state index contributed by atoms with van der Waals surface area (Å²) in [4.78, 5) is 28.9. The first-order valence-electron chi connectivity index (χ1n) is 12.5. The van der Waals surface area contributed by atoms with Crippen LogP contribution in [0.1, 0.15) is 36.1 Å². The summed E-state index contributed by atoms with van der Waals surface area (Å²) >= 11 is 1.41. The van der Waals surface area contributed by atoms with Crippen LogP contribution in [0.4, 0.5) is 5.13 Å². The van der Waals surface area contributed by atoms with Crippen molar-refractivity contribution in [1.82, 2.24) is 14.8 Å². The molecule has 2 aliphatic rings. The van der Waals surface area contributed by atoms with E-state index in [1.807, 2.05) is 0 Å². The Balaban J connectivity index is 1.44. The summed E-state index contributed by atoms with van der Waals surface area (Å²) in [5.74, 6) is -0.475. The molecule has 2 heterocycles. The van der Waals surface area contributed by atoms with E-state index in [1.54, 1.807) is 18.3 Å². The van der Waals surface area contributed by atoms with Crippen LogP contribution < -0.4 is 5.32 Å². The molecule has 0 spiro atoms. The van der Waals surface area contributed by atoms with Gasteiger partial charge in [-0.1, -0.05) is 17.3 Å². The summed E-state index contributed by atoms with van der Waals surface area (Å²) in [5.41, 5.74) is 0.517. The van der Waals surface area contributed by atoms with E-state index in [4.69, 9.17) is 9.57 Å². The number of sulfone groups is 1. The van der Waals surface area contributed by atoms with Crippen LogP contribution in [0.3, 0.4) is 0 Å². The van der Waals surface area contributed by atoms with Crippen LogP contribution in [-0.4, -0.2) is 93.6 Å². The maximum absolute atomic E-state index is 13.2. The number of hydrogen-bond donors (Lipinski definition) is 1. The van der Waals surface area contributed by atoms with E-state index in [-0.39, 0.29) is 22.0 Å². The van der Waals surface area contributed by atoms with Crippen LogP contribution in [0.5, 0.6) is 0 Å². The smallest absolute Gasteiger partial charge is 0.280 e. The highest BCUT2D eigenvalue weighted by Crippen LogP contribution is 2.33. The molecule has 0 radical (unpaired) electrons. The fourth-order valence-electron chi connectivity index (χ4n) is 3.92. The van der Waals surface area contributed by atoms with Crippen molar-refractivity contribution in [1.29, 1.82) is 0 Å². The normalized spacial score (nSPS) is 18.5. The molecule has 1 aromatic heterocycles. The van der Waals surface area contributed by atoms with Gasteiger partial charge >= 0.3 is 0 Å². The third-order valence-corrected chi connectivity index (χ3v) is 9.34. The summed E-state index contributed by atoms with van der Waals surface area (Å²) in [7, 11) is 2.87. The molecule has 4 rings (SSSR count). The molecule has 1 atom stereocenters. The monoisotopic (exact) mass is 549 g/mol. The Hall–Kier alpha value is -2.38. The summed E-state index contributed by atoms with van der Waals surface area (Å²) in [6, 6.07) is 6.24. The molecule has 2 fully saturated rings. The third kappa shape index (κ3) is 7.81. The highest BCUT2D eigenvalue weighted by molar-refractivity contribution is 7.92. The number of hydrogen-bond acceptors (Lipinski definition) is 10. The second-order valence-electron chi connectivity index (χ2n) is 9.78. The average Bonchev–Trinajstić information content (AvgIpc) is 3.44. The molecule has 2 aromatic rings. The van der Waals surface area contributed by atoms with Crippen LogP contribution in [0, 0.1) is 0 Å². The van der Waals surface area contributed by atoms with Crippen molar-refractivity contribution >= 4 is 37.9 Å². The molecule has 10 nitrogen and oxygen atoms in total. The van der Waals surface area contributed by atoms with Gasteiger partial charge in [-0.3, -0.25) is 10.1 Å². The van der Waals surface area contributed by atoms with Crippen molar-refractivity contribution in [3.63, 3.8) is 0 Å². The minimum absolute atomic E-state index is 0.0554. The fraction of sp³-hybridized carbons (Fsp3) is 0.560. The predicted octanol–water partition coefficient (Wildman–Crippen LogP) is 2.61. The molecule has 12 heteroatoms. The van der Waals surface area contributed by atoms with E-state index in [0.29, 0.717) is 43.2 Å². The van der Waals surface area contributed by atoms with Gasteiger partial charge in [0.15, 0.2) is 26.8 Å². The number of carbonyl (C=O) groups is 1. The number of carbonyl (C=O) groups excluding carboxylic acids is 1. The number of anilines is 1. The van der Waals surface area contributed by atoms with Crippen molar-refractivity contribution < 1.29 is 22.8 Å². The second-order valence-corrected chi connectivity index (χ2v) is 13.1. The Bertz CT molecular complexity index is 1190. The SMILES string of the molecule is CN(C)CCCN(C)Cc1cnc(NC(=O)C(=NO[C@@H]2CCOC2)c2ccc(S(=O)(=O)C3CC3)cc2)s1. The summed E-state index contributed by atoms with van der Waals surface area (Å²) in [6.45, 7) is 3.72. The van der Waals surface area contributed by atoms with Crippen molar-refractivity contribution in [2.24, 2.45) is 5.16 Å². The molecule has 1 N–H and O–H groups in total. The number of thiazole rings is 1. The van der Waals surface area contributed by atoms with Crippen LogP contribution in [0.15, 0.2) is 40.5 Å². The van der Waals surface area contributed by atoms with Gasteiger partial charge in [-0.2, -0.15) is 0 Å². The van der Waals surface area contributed by atoms with Crippen molar-refractivity contribution in [3.8, 4) is 0 Å². The van der Waals surface area contributed by atoms with Gasteiger partial charge in [0.1, 0.15) is 0 Å². The first kappa shape index (κ1) is 27.6. The van der Waals surface area contributed by atoms with Gasteiger partial charge in [0.25, 0.3) is 5.91 Å². The molecule has 0 bridgehead atoms. The molecule has 1 aromatic carbocycles. The lowest BCUT2D eigenvalue weighted by molar-refractivity contribution is -0.110. The minimum atomic E-state index is -3.32. The minimum Gasteiger partial charge on any atom is -0.389 e. The molecule has 202 valence electrons. The predicted molar refractivity (Wildman–Crippen MR) is 144 cm³/mol. The Kier molecular flexibility index (Phi) is 9.30. The van der Waals surface area contributed by atoms with Gasteiger partial charge in [0.05, 0.1) is 23.4 Å². The van der Waals surface area contributed by atoms with E-state index >= 15 is 0 Å². The number of oxime groups is 1. The van der Waals surface area contributed by atoms with Crippen LogP contribution in [0.25, 0.3) is 0 Å². The molecule has 1 amide bonds. The zero-order chi connectivity index (χ0) is 26.4. The fourth-order valence-corrected chi connectivity index (χ4v) is 6.46. The van der Waals surface area contributed by atoms with Gasteiger partial charge in [-0.25, -0.2) is 13.4 Å².